The largest absolute Gasteiger partial charge is 0.466 e. The second-order valence-electron chi connectivity index (χ2n) is 2.85. The molecule has 0 spiro atoms. The number of ether oxygens (including phenoxy) is 1. The first-order valence-electron chi connectivity index (χ1n) is 6.92. The Morgan fingerprint density at radius 3 is 2.60 bits per heavy atom. The summed E-state index contributed by atoms with van der Waals surface area (Å²) < 4.78 is 34.9. The standard InChI is InChI=1S/C8H14O2.3H2/c1-3-8(5-6-8)7(9)10-4-2;;;/h3-6H2,1-2H3;3*1H/i;3*1+1D. The lowest BCUT2D eigenvalue weighted by atomic mass is 10.1. The highest BCUT2D eigenvalue weighted by molar-refractivity contribution is 5.79. The number of hydrogen-bond donors (Lipinski definition) is 0. The molecule has 1 saturated carbocycles. The van der Waals surface area contributed by atoms with E-state index in [1.54, 1.807) is 0 Å². The highest BCUT2D eigenvalue weighted by atomic mass is 16.5. The van der Waals surface area contributed by atoms with E-state index < -0.39 is 0 Å². The smallest absolute Gasteiger partial charge is 0.312 e. The fourth-order valence-corrected chi connectivity index (χ4v) is 1.14. The Morgan fingerprint density at radius 2 is 2.30 bits per heavy atom. The van der Waals surface area contributed by atoms with Crippen LogP contribution < -0.4 is 0 Å². The van der Waals surface area contributed by atoms with Crippen molar-refractivity contribution in [2.24, 2.45) is 5.41 Å². The zero-order valence-corrected chi connectivity index (χ0v) is 6.64. The molecule has 2 nitrogen and oxygen atoms in total. The zero-order chi connectivity index (χ0) is 13.6. The maximum atomic E-state index is 11.1. The third kappa shape index (κ3) is 1.15. The minimum Gasteiger partial charge on any atom is -0.466 e. The zero-order valence-electron chi connectivity index (χ0n) is 12.6. The molecule has 0 aromatic carbocycles. The van der Waals surface area contributed by atoms with Gasteiger partial charge in [-0.1, -0.05) is 6.92 Å². The van der Waals surface area contributed by atoms with Gasteiger partial charge in [0.2, 0.25) is 0 Å². The normalized spacial score (nSPS) is 22.6. The van der Waals surface area contributed by atoms with E-state index in [0.29, 0.717) is 6.61 Å². The molecule has 0 atom stereocenters. The van der Waals surface area contributed by atoms with Crippen LogP contribution in [0.1, 0.15) is 42.0 Å². The van der Waals surface area contributed by atoms with Gasteiger partial charge in [-0.3, -0.25) is 4.79 Å². The molecule has 0 aliphatic heterocycles. The van der Waals surface area contributed by atoms with Crippen molar-refractivity contribution < 1.29 is 18.4 Å². The molecule has 2 heteroatoms. The SMILES string of the molecule is CCOC(=O)C1(CC)CC1.[2H][2H].[2H][2H].[2H][2H]. The predicted molar refractivity (Wildman–Crippen MR) is 44.9 cm³/mol. The summed E-state index contributed by atoms with van der Waals surface area (Å²) >= 11 is 0. The number of carbonyl (C=O) groups is 1. The molecule has 0 N–H and O–H groups in total. The first-order valence-corrected chi connectivity index (χ1v) is 3.92. The lowest BCUT2D eigenvalue weighted by Gasteiger charge is -2.09. The van der Waals surface area contributed by atoms with E-state index in [-0.39, 0.29) is 11.4 Å². The van der Waals surface area contributed by atoms with Gasteiger partial charge >= 0.3 is 5.97 Å². The summed E-state index contributed by atoms with van der Waals surface area (Å²) in [5, 5.41) is 0. The Labute approximate surface area is 70.8 Å². The summed E-state index contributed by atoms with van der Waals surface area (Å²) in [7, 11) is 0. The molecule has 10 heavy (non-hydrogen) atoms. The van der Waals surface area contributed by atoms with E-state index in [9.17, 15) is 4.79 Å². The second-order valence-corrected chi connectivity index (χ2v) is 2.85. The monoisotopic (exact) mass is 154 g/mol. The summed E-state index contributed by atoms with van der Waals surface area (Å²) in [6.07, 6.45) is 3.00. The third-order valence-electron chi connectivity index (χ3n) is 2.24. The molecule has 0 amide bonds. The summed E-state index contributed by atoms with van der Waals surface area (Å²) in [6, 6.07) is 0. The van der Waals surface area contributed by atoms with Crippen LogP contribution in [0.2, 0.25) is 0 Å². The molecule has 64 valence electrons. The first kappa shape index (κ1) is 4.37. The molecule has 0 aromatic heterocycles. The van der Waals surface area contributed by atoms with Gasteiger partial charge in [0, 0.05) is 8.91 Å². The van der Waals surface area contributed by atoms with Gasteiger partial charge in [-0.05, 0) is 26.2 Å². The van der Waals surface area contributed by atoms with Gasteiger partial charge in [0.15, 0.2) is 0 Å². The summed E-state index contributed by atoms with van der Waals surface area (Å²) in [5.74, 6) is 0.0116. The molecule has 1 aliphatic rings. The highest BCUT2D eigenvalue weighted by Gasteiger charge is 2.49. The molecule has 0 unspecified atom stereocenters. The van der Waals surface area contributed by atoms with Crippen LogP contribution in [0.15, 0.2) is 0 Å². The Kier molecular flexibility index (Phi) is 1.14. The highest BCUT2D eigenvalue weighted by Crippen LogP contribution is 2.49. The van der Waals surface area contributed by atoms with E-state index >= 15 is 0 Å². The van der Waals surface area contributed by atoms with E-state index in [4.69, 9.17) is 13.6 Å². The van der Waals surface area contributed by atoms with E-state index in [1.807, 2.05) is 13.8 Å². The maximum Gasteiger partial charge on any atom is 0.312 e. The lowest BCUT2D eigenvalue weighted by molar-refractivity contribution is -0.149. The van der Waals surface area contributed by atoms with Crippen LogP contribution in [0.5, 0.6) is 0 Å². The quantitative estimate of drug-likeness (QED) is 0.584. The van der Waals surface area contributed by atoms with Crippen LogP contribution in [-0.2, 0) is 9.53 Å². The number of carbonyl (C=O) groups excluding carboxylic acids is 1. The summed E-state index contributed by atoms with van der Waals surface area (Å²) in [6.45, 7) is 4.41. The van der Waals surface area contributed by atoms with Crippen molar-refractivity contribution in [1.29, 1.82) is 0 Å². The van der Waals surface area contributed by atoms with Crippen molar-refractivity contribution in [2.45, 2.75) is 33.1 Å². The summed E-state index contributed by atoms with van der Waals surface area (Å²) in [4.78, 5) is 11.1. The fourth-order valence-electron chi connectivity index (χ4n) is 1.14. The van der Waals surface area contributed by atoms with Crippen molar-refractivity contribution in [3.8, 4) is 0 Å². The minimum absolute atomic E-state index is 0.0116. The van der Waals surface area contributed by atoms with E-state index in [2.05, 4.69) is 0 Å². The van der Waals surface area contributed by atoms with Crippen molar-refractivity contribution in [2.75, 3.05) is 6.61 Å². The number of hydrogen-bond acceptors (Lipinski definition) is 2. The van der Waals surface area contributed by atoms with Gasteiger partial charge in [0.05, 0.1) is 12.0 Å². The van der Waals surface area contributed by atoms with Gasteiger partial charge < -0.3 is 4.74 Å². The van der Waals surface area contributed by atoms with Gasteiger partial charge in [0.1, 0.15) is 0 Å². The second kappa shape index (κ2) is 2.60. The van der Waals surface area contributed by atoms with Gasteiger partial charge in [-0.15, -0.1) is 0 Å². The molecular formula is C8H20O2. The van der Waals surface area contributed by atoms with Crippen molar-refractivity contribution in [3.05, 3.63) is 0 Å². The Morgan fingerprint density at radius 1 is 1.70 bits per heavy atom. The molecule has 1 rings (SSSR count). The molecule has 0 heterocycles. The van der Waals surface area contributed by atoms with Crippen LogP contribution >= 0.6 is 0 Å². The van der Waals surface area contributed by atoms with E-state index in [0.717, 1.165) is 19.3 Å². The molecule has 0 radical (unpaired) electrons. The van der Waals surface area contributed by atoms with Crippen LogP contribution in [-0.4, -0.2) is 12.6 Å². The Bertz CT molecular complexity index is 151. The summed E-state index contributed by atoms with van der Waals surface area (Å²) in [5.41, 5.74) is -0.0595. The van der Waals surface area contributed by atoms with E-state index in [1.165, 1.54) is 0 Å². The van der Waals surface area contributed by atoms with Gasteiger partial charge in [-0.2, -0.15) is 0 Å². The Balaban J connectivity index is -0.000000245. The van der Waals surface area contributed by atoms with Crippen molar-refractivity contribution in [1.82, 2.24) is 0 Å². The maximum absolute atomic E-state index is 11.1. The lowest BCUT2D eigenvalue weighted by Crippen LogP contribution is -2.17. The molecule has 1 aliphatic carbocycles. The molecule has 0 aromatic rings. The van der Waals surface area contributed by atoms with Crippen molar-refractivity contribution in [3.63, 3.8) is 0 Å². The first-order chi connectivity index (χ1) is 7.75. The van der Waals surface area contributed by atoms with Crippen LogP contribution in [0.4, 0.5) is 0 Å². The molecule has 1 fully saturated rings. The van der Waals surface area contributed by atoms with Gasteiger partial charge in [0.25, 0.3) is 0 Å². The average molecular weight is 154 g/mol. The molecule has 0 bridgehead atoms. The predicted octanol–water partition coefficient (Wildman–Crippen LogP) is 2.48. The van der Waals surface area contributed by atoms with Crippen LogP contribution in [0.25, 0.3) is 0 Å². The minimum atomic E-state index is -0.0595. The average Bonchev–Trinajstić information content (AvgIpc) is 3.18. The number of rotatable bonds is 3. The Hall–Kier alpha value is -0.530. The molecule has 0 saturated heterocycles. The van der Waals surface area contributed by atoms with Crippen LogP contribution in [0, 0.1) is 5.41 Å². The van der Waals surface area contributed by atoms with Crippen molar-refractivity contribution >= 4 is 5.97 Å². The van der Waals surface area contributed by atoms with Gasteiger partial charge in [-0.25, -0.2) is 0 Å². The van der Waals surface area contributed by atoms with Crippen LogP contribution in [0.3, 0.4) is 0 Å². The molecular weight excluding hydrogens is 128 g/mol. The number of esters is 1. The fraction of sp³-hybridized carbons (Fsp3) is 0.875. The topological polar surface area (TPSA) is 26.3 Å². The third-order valence-corrected chi connectivity index (χ3v) is 2.24.